The highest BCUT2D eigenvalue weighted by Crippen LogP contribution is 2.23. The molecule has 1 rings (SSSR count). The Bertz CT molecular complexity index is 332. The normalized spacial score (nSPS) is 14.8. The SMILES string of the molecule is Cc1ccc(C(C(C)N)N(CCO)CCO)cc1. The van der Waals surface area contributed by atoms with Gasteiger partial charge in [0.15, 0.2) is 0 Å². The lowest BCUT2D eigenvalue weighted by molar-refractivity contribution is 0.111. The topological polar surface area (TPSA) is 69.7 Å². The summed E-state index contributed by atoms with van der Waals surface area (Å²) < 4.78 is 0. The first-order valence-electron chi connectivity index (χ1n) is 6.38. The minimum absolute atomic E-state index is 0.0184. The van der Waals surface area contributed by atoms with Crippen LogP contribution in [0.2, 0.25) is 0 Å². The van der Waals surface area contributed by atoms with Gasteiger partial charge in [0.05, 0.1) is 13.2 Å². The number of rotatable bonds is 7. The molecule has 0 fully saturated rings. The molecule has 0 saturated heterocycles. The van der Waals surface area contributed by atoms with Crippen molar-refractivity contribution in [3.63, 3.8) is 0 Å². The van der Waals surface area contributed by atoms with E-state index in [0.717, 1.165) is 5.56 Å². The maximum Gasteiger partial charge on any atom is 0.0558 e. The zero-order valence-corrected chi connectivity index (χ0v) is 11.2. The van der Waals surface area contributed by atoms with Crippen LogP contribution in [0.15, 0.2) is 24.3 Å². The van der Waals surface area contributed by atoms with E-state index in [1.807, 2.05) is 18.7 Å². The number of hydrogen-bond acceptors (Lipinski definition) is 4. The summed E-state index contributed by atoms with van der Waals surface area (Å²) in [5, 5.41) is 18.2. The third-order valence-electron chi connectivity index (χ3n) is 3.08. The first-order chi connectivity index (χ1) is 8.60. The Kier molecular flexibility index (Phi) is 6.29. The summed E-state index contributed by atoms with van der Waals surface area (Å²) in [4.78, 5) is 2.02. The molecule has 1 aromatic rings. The number of nitrogens with two attached hydrogens (primary N) is 1. The molecule has 102 valence electrons. The van der Waals surface area contributed by atoms with Crippen LogP contribution in [0.5, 0.6) is 0 Å². The number of hydrogen-bond donors (Lipinski definition) is 3. The van der Waals surface area contributed by atoms with Crippen LogP contribution >= 0.6 is 0 Å². The Hall–Kier alpha value is -0.940. The van der Waals surface area contributed by atoms with Crippen LogP contribution in [0.25, 0.3) is 0 Å². The lowest BCUT2D eigenvalue weighted by Gasteiger charge is -2.33. The molecule has 0 aliphatic rings. The molecule has 4 heteroatoms. The van der Waals surface area contributed by atoms with E-state index in [0.29, 0.717) is 13.1 Å². The highest BCUT2D eigenvalue weighted by Gasteiger charge is 2.23. The summed E-state index contributed by atoms with van der Waals surface area (Å²) in [6.45, 7) is 5.15. The quantitative estimate of drug-likeness (QED) is 0.667. The van der Waals surface area contributed by atoms with Gasteiger partial charge < -0.3 is 15.9 Å². The molecule has 2 unspecified atom stereocenters. The lowest BCUT2D eigenvalue weighted by atomic mass is 9.98. The van der Waals surface area contributed by atoms with E-state index in [-0.39, 0.29) is 25.3 Å². The summed E-state index contributed by atoms with van der Waals surface area (Å²) in [7, 11) is 0. The maximum absolute atomic E-state index is 9.12. The lowest BCUT2D eigenvalue weighted by Crippen LogP contribution is -2.42. The van der Waals surface area contributed by atoms with Gasteiger partial charge in [-0.1, -0.05) is 29.8 Å². The molecular formula is C14H24N2O2. The molecule has 0 aliphatic heterocycles. The number of aliphatic hydroxyl groups is 2. The second-order valence-electron chi connectivity index (χ2n) is 4.70. The van der Waals surface area contributed by atoms with Crippen molar-refractivity contribution in [2.45, 2.75) is 25.9 Å². The summed E-state index contributed by atoms with van der Waals surface area (Å²) in [5.74, 6) is 0. The van der Waals surface area contributed by atoms with Crippen LogP contribution in [0.3, 0.4) is 0 Å². The highest BCUT2D eigenvalue weighted by atomic mass is 16.3. The van der Waals surface area contributed by atoms with Crippen LogP contribution in [0, 0.1) is 6.92 Å². The minimum atomic E-state index is -0.0641. The standard InChI is InChI=1S/C14H24N2O2/c1-11-3-5-13(6-4-11)14(12(2)15)16(7-9-17)8-10-18/h3-6,12,14,17-18H,7-10,15H2,1-2H3. The van der Waals surface area contributed by atoms with Gasteiger partial charge in [0, 0.05) is 25.2 Å². The van der Waals surface area contributed by atoms with Crippen LogP contribution in [0.1, 0.15) is 24.1 Å². The molecule has 0 spiro atoms. The van der Waals surface area contributed by atoms with Crippen molar-refractivity contribution in [3.05, 3.63) is 35.4 Å². The largest absolute Gasteiger partial charge is 0.395 e. The van der Waals surface area contributed by atoms with Crippen LogP contribution < -0.4 is 5.73 Å². The molecule has 1 aromatic carbocycles. The van der Waals surface area contributed by atoms with Crippen molar-refractivity contribution >= 4 is 0 Å². The molecule has 0 saturated carbocycles. The van der Waals surface area contributed by atoms with Crippen molar-refractivity contribution in [3.8, 4) is 0 Å². The molecule has 4 N–H and O–H groups in total. The second kappa shape index (κ2) is 7.48. The molecule has 0 radical (unpaired) electrons. The monoisotopic (exact) mass is 252 g/mol. The smallest absolute Gasteiger partial charge is 0.0558 e. The van der Waals surface area contributed by atoms with Crippen molar-refractivity contribution in [2.24, 2.45) is 5.73 Å². The fraction of sp³-hybridized carbons (Fsp3) is 0.571. The Balaban J connectivity index is 2.95. The van der Waals surface area contributed by atoms with Crippen molar-refractivity contribution in [2.75, 3.05) is 26.3 Å². The van der Waals surface area contributed by atoms with E-state index in [2.05, 4.69) is 24.3 Å². The average Bonchev–Trinajstić information content (AvgIpc) is 2.32. The average molecular weight is 252 g/mol. The van der Waals surface area contributed by atoms with E-state index < -0.39 is 0 Å². The van der Waals surface area contributed by atoms with E-state index in [4.69, 9.17) is 15.9 Å². The van der Waals surface area contributed by atoms with Gasteiger partial charge in [0.25, 0.3) is 0 Å². The van der Waals surface area contributed by atoms with Gasteiger partial charge in [-0.15, -0.1) is 0 Å². The molecule has 0 amide bonds. The Morgan fingerprint density at radius 3 is 2.00 bits per heavy atom. The molecule has 0 aliphatic carbocycles. The van der Waals surface area contributed by atoms with Gasteiger partial charge in [-0.3, -0.25) is 4.90 Å². The molecule has 0 bridgehead atoms. The number of aliphatic hydroxyl groups excluding tert-OH is 2. The Labute approximate surface area is 109 Å². The molecular weight excluding hydrogens is 228 g/mol. The Morgan fingerprint density at radius 1 is 1.11 bits per heavy atom. The number of benzene rings is 1. The zero-order valence-electron chi connectivity index (χ0n) is 11.2. The molecule has 0 heterocycles. The van der Waals surface area contributed by atoms with Crippen molar-refractivity contribution in [1.29, 1.82) is 0 Å². The van der Waals surface area contributed by atoms with E-state index in [1.165, 1.54) is 5.56 Å². The van der Waals surface area contributed by atoms with Gasteiger partial charge >= 0.3 is 0 Å². The minimum Gasteiger partial charge on any atom is -0.395 e. The molecule has 2 atom stereocenters. The van der Waals surface area contributed by atoms with E-state index in [1.54, 1.807) is 0 Å². The molecule has 4 nitrogen and oxygen atoms in total. The van der Waals surface area contributed by atoms with Crippen LogP contribution in [0.4, 0.5) is 0 Å². The third kappa shape index (κ3) is 4.07. The van der Waals surface area contributed by atoms with Crippen molar-refractivity contribution < 1.29 is 10.2 Å². The maximum atomic E-state index is 9.12. The predicted molar refractivity (Wildman–Crippen MR) is 73.3 cm³/mol. The van der Waals surface area contributed by atoms with Gasteiger partial charge in [-0.25, -0.2) is 0 Å². The number of aryl methyl sites for hydroxylation is 1. The fourth-order valence-corrected chi connectivity index (χ4v) is 2.26. The molecule has 18 heavy (non-hydrogen) atoms. The van der Waals surface area contributed by atoms with E-state index >= 15 is 0 Å². The van der Waals surface area contributed by atoms with Crippen molar-refractivity contribution in [1.82, 2.24) is 4.90 Å². The second-order valence-corrected chi connectivity index (χ2v) is 4.70. The fourth-order valence-electron chi connectivity index (χ4n) is 2.26. The zero-order chi connectivity index (χ0) is 13.5. The van der Waals surface area contributed by atoms with Gasteiger partial charge in [0.2, 0.25) is 0 Å². The summed E-state index contributed by atoms with van der Waals surface area (Å²) in [6.07, 6.45) is 0. The predicted octanol–water partition coefficient (Wildman–Crippen LogP) is 0.670. The van der Waals surface area contributed by atoms with Gasteiger partial charge in [-0.2, -0.15) is 0 Å². The molecule has 0 aromatic heterocycles. The van der Waals surface area contributed by atoms with E-state index in [9.17, 15) is 0 Å². The third-order valence-corrected chi connectivity index (χ3v) is 3.08. The van der Waals surface area contributed by atoms with Gasteiger partial charge in [-0.05, 0) is 19.4 Å². The first kappa shape index (κ1) is 15.1. The summed E-state index contributed by atoms with van der Waals surface area (Å²) in [5.41, 5.74) is 8.39. The Morgan fingerprint density at radius 2 is 1.61 bits per heavy atom. The van der Waals surface area contributed by atoms with Crippen LogP contribution in [-0.2, 0) is 0 Å². The first-order valence-corrected chi connectivity index (χ1v) is 6.38. The van der Waals surface area contributed by atoms with Crippen LogP contribution in [-0.4, -0.2) is 47.5 Å². The summed E-state index contributed by atoms with van der Waals surface area (Å²) >= 11 is 0. The summed E-state index contributed by atoms with van der Waals surface area (Å²) in [6, 6.07) is 8.19. The highest BCUT2D eigenvalue weighted by molar-refractivity contribution is 5.25. The van der Waals surface area contributed by atoms with Gasteiger partial charge in [0.1, 0.15) is 0 Å². The number of nitrogens with zero attached hydrogens (tertiary/aromatic N) is 1.